The number of thioether (sulfide) groups is 1. The normalized spacial score (nSPS) is 14.8. The molecule has 0 bridgehead atoms. The highest BCUT2D eigenvalue weighted by Crippen LogP contribution is 2.09. The van der Waals surface area contributed by atoms with Gasteiger partial charge < -0.3 is 10.4 Å². The van der Waals surface area contributed by atoms with E-state index in [9.17, 15) is 9.90 Å². The number of nitrogens with one attached hydrogen (secondary N) is 1. The minimum atomic E-state index is -0.856. The van der Waals surface area contributed by atoms with E-state index in [0.29, 0.717) is 5.75 Å². The first-order chi connectivity index (χ1) is 8.03. The molecule has 3 nitrogen and oxygen atoms in total. The molecule has 1 aromatic rings. The van der Waals surface area contributed by atoms with Crippen LogP contribution in [0.1, 0.15) is 12.5 Å². The maximum Gasteiger partial charge on any atom is 0.244 e. The number of amides is 1. The predicted molar refractivity (Wildman–Crippen MR) is 75.4 cm³/mol. The fourth-order valence-electron chi connectivity index (χ4n) is 1.24. The molecule has 0 saturated carbocycles. The molecule has 2 N–H and O–H groups in total. The first-order valence-corrected chi connectivity index (χ1v) is 7.56. The largest absolute Gasteiger partial charge is 0.387 e. The lowest BCUT2D eigenvalue weighted by molar-refractivity contribution is -0.117. The predicted octanol–water partition coefficient (Wildman–Crippen LogP) is 1.99. The molecule has 1 rings (SSSR count). The van der Waals surface area contributed by atoms with Gasteiger partial charge in [-0.05, 0) is 41.6 Å². The van der Waals surface area contributed by atoms with Crippen molar-refractivity contribution in [1.82, 2.24) is 5.32 Å². The molecule has 1 aromatic heterocycles. The molecule has 1 heterocycles. The van der Waals surface area contributed by atoms with E-state index in [4.69, 9.17) is 0 Å². The van der Waals surface area contributed by atoms with E-state index in [1.165, 1.54) is 6.08 Å². The Kier molecular flexibility index (Phi) is 5.74. The Bertz CT molecular complexity index is 372. The minimum absolute atomic E-state index is 0.183. The van der Waals surface area contributed by atoms with E-state index in [-0.39, 0.29) is 12.5 Å². The molecular formula is C12H17NO2S2. The van der Waals surface area contributed by atoms with Crippen molar-refractivity contribution in [3.63, 3.8) is 0 Å². The number of thiophene rings is 1. The molecule has 0 aliphatic carbocycles. The van der Waals surface area contributed by atoms with Crippen LogP contribution in [0.15, 0.2) is 22.9 Å². The van der Waals surface area contributed by atoms with E-state index < -0.39 is 5.60 Å². The lowest BCUT2D eigenvalue weighted by atomic mass is 10.1. The van der Waals surface area contributed by atoms with Crippen molar-refractivity contribution < 1.29 is 9.90 Å². The van der Waals surface area contributed by atoms with Crippen LogP contribution in [0, 0.1) is 0 Å². The maximum atomic E-state index is 11.5. The molecule has 0 fully saturated rings. The average molecular weight is 271 g/mol. The van der Waals surface area contributed by atoms with Crippen LogP contribution < -0.4 is 5.32 Å². The number of carbonyl (C=O) groups excluding carboxylic acids is 1. The van der Waals surface area contributed by atoms with Gasteiger partial charge in [-0.15, -0.1) is 0 Å². The SMILES string of the molecule is CSCC(C)(O)CNC(=O)/C=C/c1ccsc1. The first-order valence-electron chi connectivity index (χ1n) is 5.23. The third-order valence-electron chi connectivity index (χ3n) is 2.07. The summed E-state index contributed by atoms with van der Waals surface area (Å²) in [5, 5.41) is 16.5. The average Bonchev–Trinajstić information content (AvgIpc) is 2.76. The quantitative estimate of drug-likeness (QED) is 0.778. The van der Waals surface area contributed by atoms with Gasteiger partial charge >= 0.3 is 0 Å². The van der Waals surface area contributed by atoms with Crippen LogP contribution in [0.25, 0.3) is 6.08 Å². The molecule has 1 amide bonds. The van der Waals surface area contributed by atoms with Gasteiger partial charge in [-0.2, -0.15) is 23.1 Å². The first kappa shape index (κ1) is 14.3. The van der Waals surface area contributed by atoms with Crippen molar-refractivity contribution >= 4 is 35.1 Å². The Hall–Kier alpha value is -0.780. The second-order valence-corrected chi connectivity index (χ2v) is 5.68. The Morgan fingerprint density at radius 1 is 1.71 bits per heavy atom. The summed E-state index contributed by atoms with van der Waals surface area (Å²) >= 11 is 3.14. The highest BCUT2D eigenvalue weighted by Gasteiger charge is 2.19. The summed E-state index contributed by atoms with van der Waals surface area (Å²) in [4.78, 5) is 11.5. The summed E-state index contributed by atoms with van der Waals surface area (Å²) in [5.74, 6) is 0.416. The van der Waals surface area contributed by atoms with Crippen molar-refractivity contribution in [3.8, 4) is 0 Å². The monoisotopic (exact) mass is 271 g/mol. The summed E-state index contributed by atoms with van der Waals surface area (Å²) in [7, 11) is 0. The van der Waals surface area contributed by atoms with Gasteiger partial charge in [0.1, 0.15) is 0 Å². The topological polar surface area (TPSA) is 49.3 Å². The van der Waals surface area contributed by atoms with Crippen LogP contribution in [-0.4, -0.2) is 35.2 Å². The van der Waals surface area contributed by atoms with Crippen LogP contribution in [0.4, 0.5) is 0 Å². The molecule has 0 aliphatic rings. The van der Waals surface area contributed by atoms with Crippen LogP contribution in [0.5, 0.6) is 0 Å². The summed E-state index contributed by atoms with van der Waals surface area (Å²) in [6, 6.07) is 1.94. The van der Waals surface area contributed by atoms with Gasteiger partial charge in [0, 0.05) is 18.4 Å². The molecule has 0 spiro atoms. The fraction of sp³-hybridized carbons (Fsp3) is 0.417. The van der Waals surface area contributed by atoms with Gasteiger partial charge in [-0.1, -0.05) is 0 Å². The number of aliphatic hydroxyl groups is 1. The van der Waals surface area contributed by atoms with Gasteiger partial charge in [0.05, 0.1) is 5.60 Å². The number of rotatable bonds is 6. The Morgan fingerprint density at radius 3 is 3.06 bits per heavy atom. The van der Waals surface area contributed by atoms with Gasteiger partial charge in [0.2, 0.25) is 5.91 Å². The minimum Gasteiger partial charge on any atom is -0.387 e. The molecule has 17 heavy (non-hydrogen) atoms. The summed E-state index contributed by atoms with van der Waals surface area (Å²) < 4.78 is 0. The lowest BCUT2D eigenvalue weighted by Crippen LogP contribution is -2.41. The number of hydrogen-bond donors (Lipinski definition) is 2. The molecular weight excluding hydrogens is 254 g/mol. The lowest BCUT2D eigenvalue weighted by Gasteiger charge is -2.21. The van der Waals surface area contributed by atoms with Gasteiger partial charge in [0.25, 0.3) is 0 Å². The highest BCUT2D eigenvalue weighted by molar-refractivity contribution is 7.98. The van der Waals surface area contributed by atoms with E-state index in [1.54, 1.807) is 36.1 Å². The molecule has 0 saturated heterocycles. The van der Waals surface area contributed by atoms with Crippen LogP contribution in [0.2, 0.25) is 0 Å². The third kappa shape index (κ3) is 5.91. The maximum absolute atomic E-state index is 11.5. The van der Waals surface area contributed by atoms with Crippen molar-refractivity contribution in [3.05, 3.63) is 28.5 Å². The second-order valence-electron chi connectivity index (χ2n) is 4.04. The number of carbonyl (C=O) groups is 1. The second kappa shape index (κ2) is 6.83. The van der Waals surface area contributed by atoms with E-state index >= 15 is 0 Å². The summed E-state index contributed by atoms with van der Waals surface area (Å²) in [6.45, 7) is 1.98. The van der Waals surface area contributed by atoms with E-state index in [2.05, 4.69) is 5.32 Å². The van der Waals surface area contributed by atoms with E-state index in [0.717, 1.165) is 5.56 Å². The van der Waals surface area contributed by atoms with Gasteiger partial charge in [-0.25, -0.2) is 0 Å². The van der Waals surface area contributed by atoms with E-state index in [1.807, 2.05) is 23.1 Å². The highest BCUT2D eigenvalue weighted by atomic mass is 32.2. The fourth-order valence-corrected chi connectivity index (χ4v) is 2.59. The number of hydrogen-bond acceptors (Lipinski definition) is 4. The van der Waals surface area contributed by atoms with Crippen molar-refractivity contribution in [2.75, 3.05) is 18.6 Å². The Morgan fingerprint density at radius 2 is 2.47 bits per heavy atom. The van der Waals surface area contributed by atoms with Gasteiger partial charge in [-0.3, -0.25) is 4.79 Å². The zero-order valence-corrected chi connectivity index (χ0v) is 11.6. The molecule has 5 heteroatoms. The van der Waals surface area contributed by atoms with Crippen molar-refractivity contribution in [2.45, 2.75) is 12.5 Å². The molecule has 1 unspecified atom stereocenters. The molecule has 94 valence electrons. The molecule has 0 aromatic carbocycles. The molecule has 0 aliphatic heterocycles. The Labute approximate surface area is 110 Å². The summed E-state index contributed by atoms with van der Waals surface area (Å²) in [5.41, 5.74) is 0.159. The zero-order chi connectivity index (χ0) is 12.7. The smallest absolute Gasteiger partial charge is 0.244 e. The van der Waals surface area contributed by atoms with Crippen molar-refractivity contribution in [2.24, 2.45) is 0 Å². The molecule has 0 radical (unpaired) electrons. The third-order valence-corrected chi connectivity index (χ3v) is 3.68. The van der Waals surface area contributed by atoms with Crippen LogP contribution in [0.3, 0.4) is 0 Å². The van der Waals surface area contributed by atoms with Crippen molar-refractivity contribution in [1.29, 1.82) is 0 Å². The standard InChI is InChI=1S/C12H17NO2S2/c1-12(15,9-16-2)8-13-11(14)4-3-10-5-6-17-7-10/h3-7,15H,8-9H2,1-2H3,(H,13,14)/b4-3+. The summed E-state index contributed by atoms with van der Waals surface area (Å²) in [6.07, 6.45) is 5.17. The zero-order valence-electron chi connectivity index (χ0n) is 9.97. The Balaban J connectivity index is 2.35. The van der Waals surface area contributed by atoms with Crippen LogP contribution in [-0.2, 0) is 4.79 Å². The van der Waals surface area contributed by atoms with Crippen LogP contribution >= 0.6 is 23.1 Å². The molecule has 1 atom stereocenters. The van der Waals surface area contributed by atoms with Gasteiger partial charge in [0.15, 0.2) is 0 Å².